The molecule has 0 atom stereocenters. The molecule has 1 spiro atoms. The topological polar surface area (TPSA) is 42.1 Å². The van der Waals surface area contributed by atoms with E-state index in [4.69, 9.17) is 5.73 Å². The highest BCUT2D eigenvalue weighted by Crippen LogP contribution is 2.46. The Labute approximate surface area is 109 Å². The van der Waals surface area contributed by atoms with Crippen molar-refractivity contribution in [2.45, 2.75) is 45.1 Å². The molecule has 3 rings (SSSR count). The Kier molecular flexibility index (Phi) is 3.25. The second-order valence-electron chi connectivity index (χ2n) is 5.90. The van der Waals surface area contributed by atoms with E-state index in [1.807, 2.05) is 12.4 Å². The first-order valence-electron chi connectivity index (χ1n) is 7.21. The van der Waals surface area contributed by atoms with Crippen molar-refractivity contribution in [2.75, 3.05) is 18.0 Å². The van der Waals surface area contributed by atoms with Gasteiger partial charge in [-0.3, -0.25) is 4.98 Å². The normalized spacial score (nSPS) is 22.6. The van der Waals surface area contributed by atoms with Gasteiger partial charge in [0.05, 0.1) is 0 Å². The minimum absolute atomic E-state index is 0.588. The molecule has 2 fully saturated rings. The van der Waals surface area contributed by atoms with E-state index < -0.39 is 0 Å². The number of piperidine rings is 1. The number of nitrogens with two attached hydrogens (primary N) is 1. The van der Waals surface area contributed by atoms with Crippen molar-refractivity contribution in [3.63, 3.8) is 0 Å². The van der Waals surface area contributed by atoms with Crippen molar-refractivity contribution in [1.82, 2.24) is 4.98 Å². The van der Waals surface area contributed by atoms with E-state index in [1.54, 1.807) is 0 Å². The van der Waals surface area contributed by atoms with Crippen molar-refractivity contribution in [3.8, 4) is 0 Å². The number of pyridine rings is 1. The van der Waals surface area contributed by atoms with Crippen LogP contribution in [0, 0.1) is 5.41 Å². The highest BCUT2D eigenvalue weighted by Gasteiger charge is 2.37. The first kappa shape index (κ1) is 12.0. The summed E-state index contributed by atoms with van der Waals surface area (Å²) in [4.78, 5) is 6.68. The third-order valence-electron chi connectivity index (χ3n) is 4.93. The molecule has 1 aliphatic carbocycles. The third kappa shape index (κ3) is 2.12. The summed E-state index contributed by atoms with van der Waals surface area (Å²) < 4.78 is 0. The zero-order valence-electron chi connectivity index (χ0n) is 11.1. The largest absolute Gasteiger partial charge is 0.371 e. The van der Waals surface area contributed by atoms with Crippen molar-refractivity contribution < 1.29 is 0 Å². The summed E-state index contributed by atoms with van der Waals surface area (Å²) in [6.45, 7) is 2.97. The fraction of sp³-hybridized carbons (Fsp3) is 0.667. The fourth-order valence-electron chi connectivity index (χ4n) is 3.73. The van der Waals surface area contributed by atoms with Gasteiger partial charge in [0.2, 0.25) is 0 Å². The van der Waals surface area contributed by atoms with Crippen LogP contribution in [0.5, 0.6) is 0 Å². The zero-order chi connectivity index (χ0) is 12.4. The molecule has 0 aromatic carbocycles. The summed E-state index contributed by atoms with van der Waals surface area (Å²) in [7, 11) is 0. The summed E-state index contributed by atoms with van der Waals surface area (Å²) in [6, 6.07) is 2.12. The average Bonchev–Trinajstić information content (AvgIpc) is 2.88. The van der Waals surface area contributed by atoms with Crippen LogP contribution in [0.2, 0.25) is 0 Å². The van der Waals surface area contributed by atoms with Crippen LogP contribution in [0.3, 0.4) is 0 Å². The van der Waals surface area contributed by atoms with E-state index in [2.05, 4.69) is 16.0 Å². The molecule has 1 aromatic rings. The maximum atomic E-state index is 5.81. The van der Waals surface area contributed by atoms with E-state index >= 15 is 0 Å². The number of nitrogens with zero attached hydrogens (tertiary/aromatic N) is 2. The predicted octanol–water partition coefficient (Wildman–Crippen LogP) is 2.70. The smallest absolute Gasteiger partial charge is 0.0442 e. The molecule has 1 saturated heterocycles. The Balaban J connectivity index is 1.72. The molecule has 0 unspecified atom stereocenters. The van der Waals surface area contributed by atoms with E-state index in [0.29, 0.717) is 12.0 Å². The molecule has 2 heterocycles. The van der Waals surface area contributed by atoms with Crippen LogP contribution in [0.1, 0.15) is 44.1 Å². The van der Waals surface area contributed by atoms with Crippen LogP contribution in [-0.4, -0.2) is 18.1 Å². The van der Waals surface area contributed by atoms with Crippen LogP contribution in [-0.2, 0) is 6.54 Å². The van der Waals surface area contributed by atoms with Crippen molar-refractivity contribution >= 4 is 5.69 Å². The van der Waals surface area contributed by atoms with Gasteiger partial charge in [-0.15, -0.1) is 0 Å². The van der Waals surface area contributed by atoms with Crippen LogP contribution in [0.15, 0.2) is 18.5 Å². The molecule has 18 heavy (non-hydrogen) atoms. The highest BCUT2D eigenvalue weighted by atomic mass is 15.1. The monoisotopic (exact) mass is 245 g/mol. The molecule has 1 aromatic heterocycles. The second kappa shape index (κ2) is 4.88. The zero-order valence-corrected chi connectivity index (χ0v) is 11.1. The van der Waals surface area contributed by atoms with E-state index in [0.717, 1.165) is 0 Å². The Morgan fingerprint density at radius 3 is 2.56 bits per heavy atom. The third-order valence-corrected chi connectivity index (χ3v) is 4.93. The lowest BCUT2D eigenvalue weighted by atomic mass is 9.77. The number of anilines is 1. The minimum Gasteiger partial charge on any atom is -0.371 e. The number of hydrogen-bond acceptors (Lipinski definition) is 3. The van der Waals surface area contributed by atoms with Crippen LogP contribution in [0.4, 0.5) is 5.69 Å². The lowest BCUT2D eigenvalue weighted by molar-refractivity contribution is 0.226. The van der Waals surface area contributed by atoms with Gasteiger partial charge in [0.25, 0.3) is 0 Å². The van der Waals surface area contributed by atoms with Crippen LogP contribution < -0.4 is 10.6 Å². The van der Waals surface area contributed by atoms with Crippen LogP contribution >= 0.6 is 0 Å². The van der Waals surface area contributed by atoms with Gasteiger partial charge in [0.1, 0.15) is 0 Å². The van der Waals surface area contributed by atoms with Gasteiger partial charge >= 0.3 is 0 Å². The van der Waals surface area contributed by atoms with Gasteiger partial charge in [-0.1, -0.05) is 12.8 Å². The summed E-state index contributed by atoms with van der Waals surface area (Å²) in [5, 5.41) is 0. The fourth-order valence-corrected chi connectivity index (χ4v) is 3.73. The summed E-state index contributed by atoms with van der Waals surface area (Å²) in [6.07, 6.45) is 12.3. The molecule has 98 valence electrons. The van der Waals surface area contributed by atoms with E-state index in [1.165, 1.54) is 62.9 Å². The van der Waals surface area contributed by atoms with Gasteiger partial charge in [-0.25, -0.2) is 0 Å². The maximum Gasteiger partial charge on any atom is 0.0442 e. The van der Waals surface area contributed by atoms with Gasteiger partial charge < -0.3 is 10.6 Å². The highest BCUT2D eigenvalue weighted by molar-refractivity contribution is 5.52. The molecule has 0 bridgehead atoms. The molecular formula is C15H23N3. The van der Waals surface area contributed by atoms with Crippen LogP contribution in [0.25, 0.3) is 0 Å². The minimum atomic E-state index is 0.588. The van der Waals surface area contributed by atoms with Crippen molar-refractivity contribution in [1.29, 1.82) is 0 Å². The second-order valence-corrected chi connectivity index (χ2v) is 5.90. The van der Waals surface area contributed by atoms with Gasteiger partial charge in [0, 0.05) is 43.3 Å². The Bertz CT molecular complexity index is 400. The number of hydrogen-bond donors (Lipinski definition) is 1. The first-order chi connectivity index (χ1) is 8.83. The number of aromatic nitrogens is 1. The predicted molar refractivity (Wildman–Crippen MR) is 74.5 cm³/mol. The van der Waals surface area contributed by atoms with Gasteiger partial charge in [-0.05, 0) is 37.2 Å². The molecule has 1 saturated carbocycles. The molecule has 3 heteroatoms. The quantitative estimate of drug-likeness (QED) is 0.871. The molecule has 0 radical (unpaired) electrons. The van der Waals surface area contributed by atoms with E-state index in [-0.39, 0.29) is 0 Å². The molecule has 3 nitrogen and oxygen atoms in total. The first-order valence-corrected chi connectivity index (χ1v) is 7.21. The Hall–Kier alpha value is -1.09. The molecule has 2 aliphatic rings. The molecule has 2 N–H and O–H groups in total. The van der Waals surface area contributed by atoms with Gasteiger partial charge in [0.15, 0.2) is 0 Å². The summed E-state index contributed by atoms with van der Waals surface area (Å²) in [5.74, 6) is 0. The Morgan fingerprint density at radius 2 is 1.89 bits per heavy atom. The SMILES string of the molecule is NCc1cnccc1N1CCC2(CCCC2)CC1. The average molecular weight is 245 g/mol. The lowest BCUT2D eigenvalue weighted by Gasteiger charge is -2.41. The van der Waals surface area contributed by atoms with E-state index in [9.17, 15) is 0 Å². The lowest BCUT2D eigenvalue weighted by Crippen LogP contribution is -2.39. The van der Waals surface area contributed by atoms with Crippen molar-refractivity contribution in [3.05, 3.63) is 24.0 Å². The molecule has 0 amide bonds. The summed E-state index contributed by atoms with van der Waals surface area (Å²) >= 11 is 0. The molecule has 1 aliphatic heterocycles. The number of rotatable bonds is 2. The maximum absolute atomic E-state index is 5.81. The standard InChI is InChI=1S/C15H23N3/c16-11-13-12-17-8-3-14(13)18-9-6-15(7-10-18)4-1-2-5-15/h3,8,12H,1-2,4-7,9-11,16H2. The summed E-state index contributed by atoms with van der Waals surface area (Å²) in [5.41, 5.74) is 8.98. The molecular weight excluding hydrogens is 222 g/mol. The Morgan fingerprint density at radius 1 is 1.17 bits per heavy atom. The van der Waals surface area contributed by atoms with Gasteiger partial charge in [-0.2, -0.15) is 0 Å². The van der Waals surface area contributed by atoms with Crippen molar-refractivity contribution in [2.24, 2.45) is 11.1 Å².